The molecule has 1 aliphatic heterocycles. The average molecular weight is 388 g/mol. The molecular weight excluding hydrogens is 358 g/mol. The summed E-state index contributed by atoms with van der Waals surface area (Å²) in [5.74, 6) is 1.60. The largest absolute Gasteiger partial charge is 0.361 e. The molecule has 146 valence electrons. The summed E-state index contributed by atoms with van der Waals surface area (Å²) >= 11 is 1.65. The second-order valence-corrected chi connectivity index (χ2v) is 8.12. The third kappa shape index (κ3) is 5.59. The third-order valence-electron chi connectivity index (χ3n) is 5.10. The number of likely N-dealkylation sites (tertiary alicyclic amines) is 1. The lowest BCUT2D eigenvalue weighted by molar-refractivity contribution is 0.0945. The van der Waals surface area contributed by atoms with Gasteiger partial charge in [-0.15, -0.1) is 11.8 Å². The Bertz CT molecular complexity index is 732. The molecule has 1 aliphatic rings. The average Bonchev–Trinajstić information content (AvgIpc) is 2.87. The Morgan fingerprint density at radius 3 is 2.63 bits per heavy atom. The van der Waals surface area contributed by atoms with E-state index >= 15 is 0 Å². The number of rotatable bonds is 7. The van der Waals surface area contributed by atoms with Crippen LogP contribution in [0.1, 0.15) is 53.1 Å². The molecule has 1 amide bonds. The Labute approximate surface area is 165 Å². The van der Waals surface area contributed by atoms with Gasteiger partial charge < -0.3 is 14.7 Å². The van der Waals surface area contributed by atoms with Gasteiger partial charge in [-0.25, -0.2) is 0 Å². The fraction of sp³-hybridized carbons (Fsp3) is 0.524. The maximum atomic E-state index is 12.7. The highest BCUT2D eigenvalue weighted by molar-refractivity contribution is 7.98. The minimum Gasteiger partial charge on any atom is -0.361 e. The first kappa shape index (κ1) is 20.0. The van der Waals surface area contributed by atoms with Gasteiger partial charge in [0.15, 0.2) is 0 Å². The van der Waals surface area contributed by atoms with Gasteiger partial charge in [0, 0.05) is 29.3 Å². The first-order chi connectivity index (χ1) is 13.1. The zero-order valence-electron chi connectivity index (χ0n) is 16.3. The molecule has 1 saturated heterocycles. The van der Waals surface area contributed by atoms with E-state index in [1.807, 2.05) is 38.1 Å². The Balaban J connectivity index is 1.55. The van der Waals surface area contributed by atoms with Crippen molar-refractivity contribution in [2.75, 3.05) is 26.2 Å². The lowest BCUT2D eigenvalue weighted by Gasteiger charge is -2.20. The molecule has 6 heteroatoms. The molecule has 5 nitrogen and oxygen atoms in total. The highest BCUT2D eigenvalue weighted by Gasteiger charge is 2.15. The summed E-state index contributed by atoms with van der Waals surface area (Å²) in [4.78, 5) is 16.2. The summed E-state index contributed by atoms with van der Waals surface area (Å²) in [7, 11) is 0. The van der Waals surface area contributed by atoms with Gasteiger partial charge in [0.25, 0.3) is 5.91 Å². The van der Waals surface area contributed by atoms with E-state index in [9.17, 15) is 4.79 Å². The highest BCUT2D eigenvalue weighted by atomic mass is 32.2. The molecule has 0 unspecified atom stereocenters. The predicted molar refractivity (Wildman–Crippen MR) is 109 cm³/mol. The van der Waals surface area contributed by atoms with Gasteiger partial charge in [-0.2, -0.15) is 0 Å². The fourth-order valence-corrected chi connectivity index (χ4v) is 4.62. The minimum absolute atomic E-state index is 0.00619. The molecule has 1 N–H and O–H groups in total. The fourth-order valence-electron chi connectivity index (χ4n) is 3.42. The smallest absolute Gasteiger partial charge is 0.252 e. The Hall–Kier alpha value is -1.79. The minimum atomic E-state index is 0.00619. The van der Waals surface area contributed by atoms with E-state index < -0.39 is 0 Å². The van der Waals surface area contributed by atoms with Crippen LogP contribution in [0.4, 0.5) is 0 Å². The molecule has 0 atom stereocenters. The number of carbonyl (C=O) groups excluding carboxylic acids is 1. The van der Waals surface area contributed by atoms with Crippen molar-refractivity contribution in [1.29, 1.82) is 0 Å². The molecular formula is C21H29N3O2S. The maximum absolute atomic E-state index is 12.7. The maximum Gasteiger partial charge on any atom is 0.252 e. The number of carbonyl (C=O) groups is 1. The SMILES string of the molecule is Cc1noc(C)c1CSc1ccccc1C(=O)NCCN1CCCCCC1. The van der Waals surface area contributed by atoms with Crippen molar-refractivity contribution in [3.63, 3.8) is 0 Å². The summed E-state index contributed by atoms with van der Waals surface area (Å²) in [6, 6.07) is 7.80. The summed E-state index contributed by atoms with van der Waals surface area (Å²) in [5, 5.41) is 7.10. The van der Waals surface area contributed by atoms with Crippen molar-refractivity contribution in [1.82, 2.24) is 15.4 Å². The van der Waals surface area contributed by atoms with Crippen LogP contribution < -0.4 is 5.32 Å². The molecule has 0 bridgehead atoms. The number of aromatic nitrogens is 1. The number of amides is 1. The summed E-state index contributed by atoms with van der Waals surface area (Å²) in [5.41, 5.74) is 2.76. The van der Waals surface area contributed by atoms with E-state index in [1.54, 1.807) is 11.8 Å². The van der Waals surface area contributed by atoms with Crippen molar-refractivity contribution in [3.8, 4) is 0 Å². The molecule has 27 heavy (non-hydrogen) atoms. The number of aryl methyl sites for hydroxylation is 2. The number of thioether (sulfide) groups is 1. The van der Waals surface area contributed by atoms with Crippen LogP contribution in [0, 0.1) is 13.8 Å². The first-order valence-electron chi connectivity index (χ1n) is 9.79. The number of nitrogens with zero attached hydrogens (tertiary/aromatic N) is 2. The third-order valence-corrected chi connectivity index (χ3v) is 6.20. The molecule has 2 aromatic rings. The summed E-state index contributed by atoms with van der Waals surface area (Å²) < 4.78 is 5.23. The second-order valence-electron chi connectivity index (χ2n) is 7.10. The van der Waals surface area contributed by atoms with Crippen LogP contribution in [-0.4, -0.2) is 42.1 Å². The van der Waals surface area contributed by atoms with Gasteiger partial charge in [0.1, 0.15) is 5.76 Å². The van der Waals surface area contributed by atoms with Gasteiger partial charge in [-0.3, -0.25) is 4.79 Å². The highest BCUT2D eigenvalue weighted by Crippen LogP contribution is 2.28. The van der Waals surface area contributed by atoms with E-state index in [2.05, 4.69) is 15.4 Å². The van der Waals surface area contributed by atoms with Crippen LogP contribution in [0.25, 0.3) is 0 Å². The lowest BCUT2D eigenvalue weighted by Crippen LogP contribution is -2.35. The molecule has 0 spiro atoms. The van der Waals surface area contributed by atoms with Gasteiger partial charge in [0.2, 0.25) is 0 Å². The standard InChI is InChI=1S/C21H29N3O2S/c1-16-19(17(2)26-23-16)15-27-20-10-6-5-9-18(20)21(25)22-11-14-24-12-7-3-4-8-13-24/h5-6,9-10H,3-4,7-8,11-15H2,1-2H3,(H,22,25). The molecule has 2 heterocycles. The first-order valence-corrected chi connectivity index (χ1v) is 10.8. The van der Waals surface area contributed by atoms with Crippen molar-refractivity contribution in [3.05, 3.63) is 46.8 Å². The number of hydrogen-bond donors (Lipinski definition) is 1. The van der Waals surface area contributed by atoms with Crippen LogP contribution in [0.15, 0.2) is 33.7 Å². The predicted octanol–water partition coefficient (Wildman–Crippen LogP) is 4.19. The van der Waals surface area contributed by atoms with Gasteiger partial charge in [-0.05, 0) is 51.9 Å². The van der Waals surface area contributed by atoms with E-state index in [1.165, 1.54) is 25.7 Å². The quantitative estimate of drug-likeness (QED) is 0.722. The van der Waals surface area contributed by atoms with Crippen LogP contribution >= 0.6 is 11.8 Å². The molecule has 1 aromatic carbocycles. The Morgan fingerprint density at radius 2 is 1.93 bits per heavy atom. The van der Waals surface area contributed by atoms with Crippen molar-refractivity contribution in [2.45, 2.75) is 50.2 Å². The molecule has 0 aliphatic carbocycles. The topological polar surface area (TPSA) is 58.4 Å². The molecule has 0 radical (unpaired) electrons. The van der Waals surface area contributed by atoms with Crippen molar-refractivity contribution < 1.29 is 9.32 Å². The monoisotopic (exact) mass is 387 g/mol. The van der Waals surface area contributed by atoms with E-state index in [-0.39, 0.29) is 5.91 Å². The van der Waals surface area contributed by atoms with E-state index in [0.29, 0.717) is 6.54 Å². The second kappa shape index (κ2) is 9.95. The zero-order chi connectivity index (χ0) is 19.1. The molecule has 3 rings (SSSR count). The van der Waals surface area contributed by atoms with Crippen LogP contribution in [0.2, 0.25) is 0 Å². The Morgan fingerprint density at radius 1 is 1.19 bits per heavy atom. The van der Waals surface area contributed by atoms with Crippen molar-refractivity contribution in [2.24, 2.45) is 0 Å². The molecule has 1 aromatic heterocycles. The number of nitrogens with one attached hydrogen (secondary N) is 1. The van der Waals surface area contributed by atoms with E-state index in [0.717, 1.165) is 52.9 Å². The van der Waals surface area contributed by atoms with Crippen LogP contribution in [0.3, 0.4) is 0 Å². The summed E-state index contributed by atoms with van der Waals surface area (Å²) in [6.07, 6.45) is 5.21. The lowest BCUT2D eigenvalue weighted by atomic mass is 10.2. The van der Waals surface area contributed by atoms with Crippen molar-refractivity contribution >= 4 is 17.7 Å². The van der Waals surface area contributed by atoms with Crippen LogP contribution in [0.5, 0.6) is 0 Å². The number of hydrogen-bond acceptors (Lipinski definition) is 5. The molecule has 0 saturated carbocycles. The summed E-state index contributed by atoms with van der Waals surface area (Å²) in [6.45, 7) is 7.81. The van der Waals surface area contributed by atoms with E-state index in [4.69, 9.17) is 4.52 Å². The van der Waals surface area contributed by atoms with Gasteiger partial charge >= 0.3 is 0 Å². The number of benzene rings is 1. The normalized spacial score (nSPS) is 15.5. The van der Waals surface area contributed by atoms with Crippen LogP contribution in [-0.2, 0) is 5.75 Å². The zero-order valence-corrected chi connectivity index (χ0v) is 17.1. The van der Waals surface area contributed by atoms with Gasteiger partial charge in [-0.1, -0.05) is 30.1 Å². The van der Waals surface area contributed by atoms with Gasteiger partial charge in [0.05, 0.1) is 11.3 Å². The Kier molecular flexibility index (Phi) is 7.35. The molecule has 1 fully saturated rings.